The highest BCUT2D eigenvalue weighted by atomic mass is 32.1. The van der Waals surface area contributed by atoms with Crippen LogP contribution in [0.5, 0.6) is 0 Å². The van der Waals surface area contributed by atoms with Gasteiger partial charge >= 0.3 is 0 Å². The van der Waals surface area contributed by atoms with E-state index in [1.165, 1.54) is 5.56 Å². The molecule has 4 nitrogen and oxygen atoms in total. The van der Waals surface area contributed by atoms with Crippen molar-refractivity contribution in [3.8, 4) is 11.5 Å². The minimum atomic E-state index is 0.285. The summed E-state index contributed by atoms with van der Waals surface area (Å²) >= 11 is 1.66. The summed E-state index contributed by atoms with van der Waals surface area (Å²) in [6.45, 7) is 5.55. The van der Waals surface area contributed by atoms with Crippen LogP contribution < -0.4 is 0 Å². The van der Waals surface area contributed by atoms with Crippen molar-refractivity contribution in [2.75, 3.05) is 13.1 Å². The van der Waals surface area contributed by atoms with Crippen LogP contribution in [0.15, 0.2) is 51.6 Å². The van der Waals surface area contributed by atoms with E-state index in [-0.39, 0.29) is 6.10 Å². The second-order valence-electron chi connectivity index (χ2n) is 6.83. The van der Waals surface area contributed by atoms with Gasteiger partial charge in [-0.05, 0) is 43.3 Å². The molecule has 0 radical (unpaired) electrons. The van der Waals surface area contributed by atoms with Crippen LogP contribution in [0.1, 0.15) is 29.9 Å². The summed E-state index contributed by atoms with van der Waals surface area (Å²) in [6, 6.07) is 12.4. The molecule has 2 aromatic heterocycles. The lowest BCUT2D eigenvalue weighted by molar-refractivity contribution is -0.0123. The Morgan fingerprint density at radius 2 is 2.15 bits per heavy atom. The van der Waals surface area contributed by atoms with Crippen LogP contribution in [-0.2, 0) is 17.9 Å². The Kier molecular flexibility index (Phi) is 5.48. The molecule has 1 saturated heterocycles. The van der Waals surface area contributed by atoms with E-state index >= 15 is 0 Å². The Labute approximate surface area is 158 Å². The Morgan fingerprint density at radius 1 is 1.27 bits per heavy atom. The van der Waals surface area contributed by atoms with Gasteiger partial charge in [0.05, 0.1) is 18.4 Å². The zero-order valence-corrected chi connectivity index (χ0v) is 15.9. The third-order valence-electron chi connectivity index (χ3n) is 4.82. The number of ether oxygens (including phenoxy) is 1. The number of nitrogens with zero attached hydrogens (tertiary/aromatic N) is 2. The Morgan fingerprint density at radius 3 is 2.96 bits per heavy atom. The predicted octanol–water partition coefficient (Wildman–Crippen LogP) is 4.89. The molecule has 0 N–H and O–H groups in total. The molecule has 0 aliphatic carbocycles. The fourth-order valence-electron chi connectivity index (χ4n) is 3.38. The summed E-state index contributed by atoms with van der Waals surface area (Å²) in [7, 11) is 0. The smallest absolute Gasteiger partial charge is 0.227 e. The number of hydrogen-bond donors (Lipinski definition) is 0. The monoisotopic (exact) mass is 368 g/mol. The highest BCUT2D eigenvalue weighted by molar-refractivity contribution is 7.08. The molecule has 0 saturated carbocycles. The van der Waals surface area contributed by atoms with E-state index in [9.17, 15) is 0 Å². The molecule has 1 atom stereocenters. The van der Waals surface area contributed by atoms with E-state index < -0.39 is 0 Å². The summed E-state index contributed by atoms with van der Waals surface area (Å²) in [5.74, 6) is 1.64. The molecule has 3 aromatic rings. The van der Waals surface area contributed by atoms with E-state index in [0.717, 1.165) is 55.4 Å². The van der Waals surface area contributed by atoms with Crippen molar-refractivity contribution < 1.29 is 9.15 Å². The molecule has 1 fully saturated rings. The van der Waals surface area contributed by atoms with Gasteiger partial charge < -0.3 is 9.15 Å². The third-order valence-corrected chi connectivity index (χ3v) is 5.51. The summed E-state index contributed by atoms with van der Waals surface area (Å²) in [5, 5.41) is 4.12. The molecule has 1 aromatic carbocycles. The predicted molar refractivity (Wildman–Crippen MR) is 104 cm³/mol. The maximum atomic E-state index is 6.15. The first-order chi connectivity index (χ1) is 12.8. The van der Waals surface area contributed by atoms with Crippen LogP contribution in [-0.4, -0.2) is 29.1 Å². The molecular weight excluding hydrogens is 344 g/mol. The molecule has 5 heteroatoms. The van der Waals surface area contributed by atoms with Crippen molar-refractivity contribution in [2.24, 2.45) is 0 Å². The summed E-state index contributed by atoms with van der Waals surface area (Å²) < 4.78 is 12.0. The Balaban J connectivity index is 1.35. The molecule has 136 valence electrons. The van der Waals surface area contributed by atoms with Crippen molar-refractivity contribution in [1.82, 2.24) is 9.88 Å². The van der Waals surface area contributed by atoms with Gasteiger partial charge in [0, 0.05) is 24.0 Å². The van der Waals surface area contributed by atoms with Gasteiger partial charge in [-0.25, -0.2) is 4.98 Å². The SMILES string of the molecule is Cc1oc(-c2ccsc2)nc1CN1CCC[C@@H](OCc2ccccc2)C1. The standard InChI is InChI=1S/C21H24N2O2S/c1-16-20(22-21(25-16)18-9-11-26-15-18)13-23-10-5-8-19(12-23)24-14-17-6-3-2-4-7-17/h2-4,6-7,9,11,15,19H,5,8,10,12-14H2,1H3/t19-/m1/s1. The van der Waals surface area contributed by atoms with Crippen molar-refractivity contribution in [2.45, 2.75) is 39.0 Å². The lowest BCUT2D eigenvalue weighted by Gasteiger charge is -2.32. The van der Waals surface area contributed by atoms with Gasteiger partial charge in [0.15, 0.2) is 0 Å². The van der Waals surface area contributed by atoms with Gasteiger partial charge in [0.2, 0.25) is 5.89 Å². The van der Waals surface area contributed by atoms with Crippen LogP contribution in [0.3, 0.4) is 0 Å². The van der Waals surface area contributed by atoms with Gasteiger partial charge in [-0.1, -0.05) is 30.3 Å². The first kappa shape index (κ1) is 17.5. The first-order valence-corrected chi connectivity index (χ1v) is 10.1. The molecule has 0 unspecified atom stereocenters. The number of likely N-dealkylation sites (tertiary alicyclic amines) is 1. The summed E-state index contributed by atoms with van der Waals surface area (Å²) in [4.78, 5) is 7.15. The average molecular weight is 369 g/mol. The maximum Gasteiger partial charge on any atom is 0.227 e. The Hall–Kier alpha value is -1.95. The van der Waals surface area contributed by atoms with Crippen LogP contribution in [0.4, 0.5) is 0 Å². The van der Waals surface area contributed by atoms with Gasteiger partial charge in [0.25, 0.3) is 0 Å². The van der Waals surface area contributed by atoms with E-state index in [2.05, 4.69) is 34.5 Å². The lowest BCUT2D eigenvalue weighted by Crippen LogP contribution is -2.39. The van der Waals surface area contributed by atoms with Gasteiger partial charge in [-0.15, -0.1) is 0 Å². The minimum Gasteiger partial charge on any atom is -0.441 e. The molecule has 0 amide bonds. The summed E-state index contributed by atoms with van der Waals surface area (Å²) in [6.07, 6.45) is 2.57. The largest absolute Gasteiger partial charge is 0.441 e. The normalized spacial score (nSPS) is 18.3. The number of aryl methyl sites for hydroxylation is 1. The highest BCUT2D eigenvalue weighted by Crippen LogP contribution is 2.25. The molecule has 1 aliphatic heterocycles. The van der Waals surface area contributed by atoms with Gasteiger partial charge in [-0.2, -0.15) is 11.3 Å². The first-order valence-electron chi connectivity index (χ1n) is 9.14. The molecule has 3 heterocycles. The van der Waals surface area contributed by atoms with Gasteiger partial charge in [0.1, 0.15) is 5.76 Å². The lowest BCUT2D eigenvalue weighted by atomic mass is 10.1. The van der Waals surface area contributed by atoms with Crippen molar-refractivity contribution in [3.63, 3.8) is 0 Å². The van der Waals surface area contributed by atoms with E-state index in [4.69, 9.17) is 14.1 Å². The maximum absolute atomic E-state index is 6.15. The van der Waals surface area contributed by atoms with E-state index in [0.29, 0.717) is 6.61 Å². The number of oxazole rings is 1. The molecule has 4 rings (SSSR count). The van der Waals surface area contributed by atoms with Crippen LogP contribution in [0.2, 0.25) is 0 Å². The molecule has 26 heavy (non-hydrogen) atoms. The third kappa shape index (κ3) is 4.23. The summed E-state index contributed by atoms with van der Waals surface area (Å²) in [5.41, 5.74) is 3.33. The molecular formula is C21H24N2O2S. The zero-order valence-electron chi connectivity index (χ0n) is 15.1. The number of benzene rings is 1. The quantitative estimate of drug-likeness (QED) is 0.621. The number of aromatic nitrogens is 1. The minimum absolute atomic E-state index is 0.285. The number of thiophene rings is 1. The van der Waals surface area contributed by atoms with Gasteiger partial charge in [-0.3, -0.25) is 4.90 Å². The number of rotatable bonds is 6. The molecule has 0 spiro atoms. The van der Waals surface area contributed by atoms with Crippen molar-refractivity contribution in [3.05, 3.63) is 64.2 Å². The van der Waals surface area contributed by atoms with Crippen molar-refractivity contribution >= 4 is 11.3 Å². The fraction of sp³-hybridized carbons (Fsp3) is 0.381. The number of hydrogen-bond acceptors (Lipinski definition) is 5. The second-order valence-corrected chi connectivity index (χ2v) is 7.61. The van der Waals surface area contributed by atoms with Crippen molar-refractivity contribution in [1.29, 1.82) is 0 Å². The zero-order chi connectivity index (χ0) is 17.8. The number of piperidine rings is 1. The fourth-order valence-corrected chi connectivity index (χ4v) is 4.01. The van der Waals surface area contributed by atoms with E-state index in [1.807, 2.05) is 24.4 Å². The highest BCUT2D eigenvalue weighted by Gasteiger charge is 2.22. The molecule has 1 aliphatic rings. The molecule has 0 bridgehead atoms. The van der Waals surface area contributed by atoms with Crippen LogP contribution >= 0.6 is 11.3 Å². The van der Waals surface area contributed by atoms with Crippen LogP contribution in [0.25, 0.3) is 11.5 Å². The topological polar surface area (TPSA) is 38.5 Å². The Bertz CT molecular complexity index is 814. The van der Waals surface area contributed by atoms with Crippen LogP contribution in [0, 0.1) is 6.92 Å². The second kappa shape index (κ2) is 8.16. The van der Waals surface area contributed by atoms with E-state index in [1.54, 1.807) is 11.3 Å². The average Bonchev–Trinajstić information content (AvgIpc) is 3.32.